The van der Waals surface area contributed by atoms with Gasteiger partial charge in [-0.05, 0) is 12.5 Å². The summed E-state index contributed by atoms with van der Waals surface area (Å²) in [6.07, 6.45) is 9.06. The molecule has 1 heterocycles. The second kappa shape index (κ2) is 8.54. The van der Waals surface area contributed by atoms with Gasteiger partial charge in [0.25, 0.3) is 0 Å². The van der Waals surface area contributed by atoms with Gasteiger partial charge in [-0.15, -0.1) is 11.3 Å². The van der Waals surface area contributed by atoms with Crippen molar-refractivity contribution in [1.82, 2.24) is 0 Å². The molecule has 0 aliphatic carbocycles. The van der Waals surface area contributed by atoms with Crippen molar-refractivity contribution in [3.8, 4) is 5.75 Å². The van der Waals surface area contributed by atoms with Crippen molar-refractivity contribution in [2.45, 2.75) is 57.9 Å². The molecule has 0 bridgehead atoms. The van der Waals surface area contributed by atoms with Crippen LogP contribution in [0, 0.1) is 0 Å². The lowest BCUT2D eigenvalue weighted by Crippen LogP contribution is -2.08. The molecule has 0 fully saturated rings. The van der Waals surface area contributed by atoms with Crippen molar-refractivity contribution in [2.24, 2.45) is 5.73 Å². The molecule has 0 aliphatic rings. The molecule has 1 aromatic rings. The fourth-order valence-electron chi connectivity index (χ4n) is 1.92. The van der Waals surface area contributed by atoms with E-state index in [1.807, 2.05) is 5.38 Å². The monoisotopic (exact) mass is 255 g/mol. The van der Waals surface area contributed by atoms with Crippen LogP contribution in [-0.4, -0.2) is 7.11 Å². The van der Waals surface area contributed by atoms with E-state index in [-0.39, 0.29) is 6.04 Å². The van der Waals surface area contributed by atoms with Crippen molar-refractivity contribution in [2.75, 3.05) is 7.11 Å². The topological polar surface area (TPSA) is 35.2 Å². The van der Waals surface area contributed by atoms with E-state index in [1.54, 1.807) is 18.4 Å². The third-order valence-corrected chi connectivity index (χ3v) is 4.11. The zero-order valence-corrected chi connectivity index (χ0v) is 11.9. The van der Waals surface area contributed by atoms with Crippen LogP contribution in [0.15, 0.2) is 11.4 Å². The molecule has 0 aromatic carbocycles. The Hall–Kier alpha value is -0.540. The average molecular weight is 255 g/mol. The Morgan fingerprint density at radius 2 is 1.94 bits per heavy atom. The Balaban J connectivity index is 2.14. The van der Waals surface area contributed by atoms with Crippen LogP contribution in [0.2, 0.25) is 0 Å². The molecule has 1 aromatic heterocycles. The van der Waals surface area contributed by atoms with E-state index in [0.29, 0.717) is 0 Å². The lowest BCUT2D eigenvalue weighted by Gasteiger charge is -2.08. The summed E-state index contributed by atoms with van der Waals surface area (Å²) < 4.78 is 5.17. The van der Waals surface area contributed by atoms with Crippen molar-refractivity contribution in [1.29, 1.82) is 0 Å². The second-order valence-electron chi connectivity index (χ2n) is 4.55. The molecule has 0 amide bonds. The normalized spacial score (nSPS) is 12.6. The Bertz CT molecular complexity index is 298. The predicted octanol–water partition coefficient (Wildman–Crippen LogP) is 4.51. The number of thiophene rings is 1. The van der Waals surface area contributed by atoms with E-state index in [0.717, 1.165) is 12.2 Å². The van der Waals surface area contributed by atoms with Gasteiger partial charge in [-0.2, -0.15) is 0 Å². The highest BCUT2D eigenvalue weighted by atomic mass is 32.1. The summed E-state index contributed by atoms with van der Waals surface area (Å²) >= 11 is 1.70. The smallest absolute Gasteiger partial charge is 0.129 e. The fourth-order valence-corrected chi connectivity index (χ4v) is 2.82. The maximum atomic E-state index is 6.16. The van der Waals surface area contributed by atoms with Gasteiger partial charge >= 0.3 is 0 Å². The third-order valence-electron chi connectivity index (χ3n) is 3.07. The molecule has 2 nitrogen and oxygen atoms in total. The van der Waals surface area contributed by atoms with Gasteiger partial charge in [-0.3, -0.25) is 0 Å². The zero-order chi connectivity index (χ0) is 12.5. The van der Waals surface area contributed by atoms with Crippen molar-refractivity contribution in [3.63, 3.8) is 0 Å². The molecule has 0 radical (unpaired) electrons. The molecule has 3 heteroatoms. The fraction of sp³-hybridized carbons (Fsp3) is 0.714. The second-order valence-corrected chi connectivity index (χ2v) is 5.49. The number of methoxy groups -OCH3 is 1. The van der Waals surface area contributed by atoms with Gasteiger partial charge < -0.3 is 10.5 Å². The van der Waals surface area contributed by atoms with Gasteiger partial charge in [0.15, 0.2) is 0 Å². The highest BCUT2D eigenvalue weighted by Gasteiger charge is 2.08. The van der Waals surface area contributed by atoms with Crippen LogP contribution in [0.4, 0.5) is 0 Å². The highest BCUT2D eigenvalue weighted by Crippen LogP contribution is 2.28. The highest BCUT2D eigenvalue weighted by molar-refractivity contribution is 7.10. The third kappa shape index (κ3) is 5.55. The first-order valence-corrected chi connectivity index (χ1v) is 7.54. The SMILES string of the molecule is CCCCCCCCC(N)c1cc(OC)cs1. The summed E-state index contributed by atoms with van der Waals surface area (Å²) in [5, 5.41) is 2.02. The number of rotatable bonds is 9. The van der Waals surface area contributed by atoms with Crippen molar-refractivity contribution < 1.29 is 4.74 Å². The van der Waals surface area contributed by atoms with E-state index in [9.17, 15) is 0 Å². The van der Waals surface area contributed by atoms with Gasteiger partial charge in [-0.25, -0.2) is 0 Å². The summed E-state index contributed by atoms with van der Waals surface area (Å²) in [7, 11) is 1.70. The van der Waals surface area contributed by atoms with E-state index >= 15 is 0 Å². The van der Waals surface area contributed by atoms with Gasteiger partial charge in [0, 0.05) is 16.3 Å². The van der Waals surface area contributed by atoms with Crippen LogP contribution in [-0.2, 0) is 0 Å². The minimum absolute atomic E-state index is 0.190. The lowest BCUT2D eigenvalue weighted by molar-refractivity contribution is 0.416. The first-order valence-electron chi connectivity index (χ1n) is 6.66. The molecular formula is C14H25NOS. The number of ether oxygens (including phenoxy) is 1. The van der Waals surface area contributed by atoms with E-state index in [2.05, 4.69) is 13.0 Å². The summed E-state index contributed by atoms with van der Waals surface area (Å²) in [6, 6.07) is 2.25. The molecular weight excluding hydrogens is 230 g/mol. The Morgan fingerprint density at radius 3 is 2.59 bits per heavy atom. The van der Waals surface area contributed by atoms with Crippen LogP contribution < -0.4 is 10.5 Å². The van der Waals surface area contributed by atoms with Gasteiger partial charge in [0.05, 0.1) is 7.11 Å². The molecule has 0 saturated heterocycles. The number of unbranched alkanes of at least 4 members (excludes halogenated alkanes) is 5. The minimum Gasteiger partial charge on any atom is -0.496 e. The Labute approximate surface area is 109 Å². The van der Waals surface area contributed by atoms with Crippen LogP contribution in [0.5, 0.6) is 5.75 Å². The minimum atomic E-state index is 0.190. The van der Waals surface area contributed by atoms with Gasteiger partial charge in [-0.1, -0.05) is 45.4 Å². The Kier molecular flexibility index (Phi) is 7.29. The molecule has 1 rings (SSSR count). The van der Waals surface area contributed by atoms with E-state index < -0.39 is 0 Å². The lowest BCUT2D eigenvalue weighted by atomic mass is 10.1. The summed E-state index contributed by atoms with van der Waals surface area (Å²) in [4.78, 5) is 1.25. The van der Waals surface area contributed by atoms with Crippen LogP contribution in [0.3, 0.4) is 0 Å². The predicted molar refractivity (Wildman–Crippen MR) is 75.8 cm³/mol. The van der Waals surface area contributed by atoms with Crippen molar-refractivity contribution in [3.05, 3.63) is 16.3 Å². The molecule has 0 spiro atoms. The molecule has 1 unspecified atom stereocenters. The summed E-state index contributed by atoms with van der Waals surface area (Å²) in [5.74, 6) is 0.934. The largest absolute Gasteiger partial charge is 0.496 e. The molecule has 1 atom stereocenters. The van der Waals surface area contributed by atoms with Crippen LogP contribution in [0.1, 0.15) is 62.8 Å². The molecule has 17 heavy (non-hydrogen) atoms. The Morgan fingerprint density at radius 1 is 1.24 bits per heavy atom. The first-order chi connectivity index (χ1) is 8.27. The molecule has 0 aliphatic heterocycles. The summed E-state index contributed by atoms with van der Waals surface area (Å²) in [6.45, 7) is 2.25. The maximum Gasteiger partial charge on any atom is 0.129 e. The number of hydrogen-bond acceptors (Lipinski definition) is 3. The quantitative estimate of drug-likeness (QED) is 0.659. The number of nitrogens with two attached hydrogens (primary N) is 1. The van der Waals surface area contributed by atoms with Crippen molar-refractivity contribution >= 4 is 11.3 Å². The molecule has 98 valence electrons. The standard InChI is InChI=1S/C14H25NOS/c1-3-4-5-6-7-8-9-13(15)14-10-12(16-2)11-17-14/h10-11,13H,3-9,15H2,1-2H3. The van der Waals surface area contributed by atoms with E-state index in [4.69, 9.17) is 10.5 Å². The van der Waals surface area contributed by atoms with Gasteiger partial charge in [0.1, 0.15) is 5.75 Å². The van der Waals surface area contributed by atoms with Crippen LogP contribution >= 0.6 is 11.3 Å². The van der Waals surface area contributed by atoms with Crippen LogP contribution in [0.25, 0.3) is 0 Å². The van der Waals surface area contributed by atoms with E-state index in [1.165, 1.54) is 43.4 Å². The van der Waals surface area contributed by atoms with Gasteiger partial charge in [0.2, 0.25) is 0 Å². The molecule has 2 N–H and O–H groups in total. The molecule has 0 saturated carbocycles. The first kappa shape index (κ1) is 14.5. The average Bonchev–Trinajstić information content (AvgIpc) is 2.82. The zero-order valence-electron chi connectivity index (χ0n) is 11.1. The maximum absolute atomic E-state index is 6.16. The summed E-state index contributed by atoms with van der Waals surface area (Å²) in [5.41, 5.74) is 6.16. The number of hydrogen-bond donors (Lipinski definition) is 1.